The van der Waals surface area contributed by atoms with Crippen LogP contribution in [0, 0.1) is 0 Å². The largest absolute Gasteiger partial charge is 0.480 e. The molecule has 1 aliphatic heterocycles. The van der Waals surface area contributed by atoms with Crippen LogP contribution in [-0.2, 0) is 4.79 Å². The Labute approximate surface area is 140 Å². The summed E-state index contributed by atoms with van der Waals surface area (Å²) in [6.45, 7) is 0.515. The first-order valence-corrected chi connectivity index (χ1v) is 8.57. The molecule has 0 bridgehead atoms. The van der Waals surface area contributed by atoms with Gasteiger partial charge in [0.15, 0.2) is 0 Å². The van der Waals surface area contributed by atoms with Gasteiger partial charge in [0.25, 0.3) is 5.91 Å². The van der Waals surface area contributed by atoms with E-state index in [1.54, 1.807) is 6.07 Å². The zero-order chi connectivity index (χ0) is 15.7. The average Bonchev–Trinajstić information content (AvgIpc) is 3.17. The number of carbonyl (C=O) groups excluding carboxylic acids is 1. The summed E-state index contributed by atoms with van der Waals surface area (Å²) in [6.07, 6.45) is 1.28. The Kier molecular flexibility index (Phi) is 4.31. The first kappa shape index (κ1) is 15.2. The van der Waals surface area contributed by atoms with Crippen LogP contribution in [0.3, 0.4) is 0 Å². The van der Waals surface area contributed by atoms with Gasteiger partial charge in [-0.15, -0.1) is 11.3 Å². The molecule has 1 aliphatic rings. The minimum absolute atomic E-state index is 0.182. The molecule has 2 heterocycles. The molecule has 6 heteroatoms. The number of nitrogens with zero attached hydrogens (tertiary/aromatic N) is 1. The van der Waals surface area contributed by atoms with Crippen LogP contribution in [0.2, 0.25) is 0 Å². The predicted molar refractivity (Wildman–Crippen MR) is 89.1 cm³/mol. The molecule has 22 heavy (non-hydrogen) atoms. The number of amides is 1. The van der Waals surface area contributed by atoms with Gasteiger partial charge in [0.2, 0.25) is 0 Å². The van der Waals surface area contributed by atoms with Crippen molar-refractivity contribution in [2.45, 2.75) is 18.9 Å². The molecule has 4 nitrogen and oxygen atoms in total. The average molecular weight is 380 g/mol. The summed E-state index contributed by atoms with van der Waals surface area (Å²) in [5.41, 5.74) is 1.04. The summed E-state index contributed by atoms with van der Waals surface area (Å²) < 4.78 is 1.01. The molecule has 2 aromatic rings. The number of likely N-dealkylation sites (tertiary alicyclic amines) is 1. The molecule has 1 atom stereocenters. The molecule has 1 amide bonds. The normalized spacial score (nSPS) is 17.7. The molecule has 0 saturated carbocycles. The van der Waals surface area contributed by atoms with Crippen molar-refractivity contribution in [1.82, 2.24) is 4.90 Å². The fraction of sp³-hybridized carbons (Fsp3) is 0.250. The maximum absolute atomic E-state index is 12.5. The van der Waals surface area contributed by atoms with E-state index in [1.807, 2.05) is 30.3 Å². The summed E-state index contributed by atoms with van der Waals surface area (Å²) in [7, 11) is 0. The number of halogens is 1. The van der Waals surface area contributed by atoms with E-state index in [9.17, 15) is 14.7 Å². The number of carboxylic acids is 1. The molecule has 1 unspecified atom stereocenters. The maximum atomic E-state index is 12.5. The summed E-state index contributed by atoms with van der Waals surface area (Å²) >= 11 is 4.80. The fourth-order valence-corrected chi connectivity index (χ4v) is 3.86. The van der Waals surface area contributed by atoms with Crippen LogP contribution < -0.4 is 0 Å². The van der Waals surface area contributed by atoms with Gasteiger partial charge in [-0.2, -0.15) is 0 Å². The Morgan fingerprint density at radius 3 is 2.59 bits per heavy atom. The van der Waals surface area contributed by atoms with Crippen LogP contribution in [-0.4, -0.2) is 34.5 Å². The minimum atomic E-state index is -0.921. The van der Waals surface area contributed by atoms with Crippen LogP contribution in [0.1, 0.15) is 22.5 Å². The number of hydrogen-bond donors (Lipinski definition) is 1. The Morgan fingerprint density at radius 2 is 1.91 bits per heavy atom. The highest BCUT2D eigenvalue weighted by Crippen LogP contribution is 2.31. The molecule has 1 fully saturated rings. The van der Waals surface area contributed by atoms with Crippen LogP contribution in [0.4, 0.5) is 0 Å². The molecule has 1 aromatic carbocycles. The van der Waals surface area contributed by atoms with Crippen molar-refractivity contribution in [1.29, 1.82) is 0 Å². The lowest BCUT2D eigenvalue weighted by Gasteiger charge is -2.20. The van der Waals surface area contributed by atoms with E-state index >= 15 is 0 Å². The third-order valence-electron chi connectivity index (χ3n) is 3.74. The third-order valence-corrected chi connectivity index (χ3v) is 5.40. The third kappa shape index (κ3) is 2.94. The van der Waals surface area contributed by atoms with E-state index in [0.717, 1.165) is 21.3 Å². The second kappa shape index (κ2) is 6.22. The molecular weight excluding hydrogens is 366 g/mol. The summed E-state index contributed by atoms with van der Waals surface area (Å²) in [4.78, 5) is 26.8. The number of thiophene rings is 1. The van der Waals surface area contributed by atoms with Gasteiger partial charge in [0.1, 0.15) is 6.04 Å². The number of aliphatic carboxylic acids is 1. The van der Waals surface area contributed by atoms with E-state index in [4.69, 9.17) is 0 Å². The van der Waals surface area contributed by atoms with Gasteiger partial charge in [-0.25, -0.2) is 4.79 Å². The Bertz CT molecular complexity index is 710. The predicted octanol–water partition coefficient (Wildman–Crippen LogP) is 3.87. The van der Waals surface area contributed by atoms with Crippen LogP contribution >= 0.6 is 27.3 Å². The highest BCUT2D eigenvalue weighted by atomic mass is 79.9. The van der Waals surface area contributed by atoms with Gasteiger partial charge in [-0.1, -0.05) is 28.1 Å². The SMILES string of the molecule is O=C(O)C1CCCN1C(=O)c1ccc(-c2ccc(Br)cc2)s1. The fourth-order valence-electron chi connectivity index (χ4n) is 2.63. The van der Waals surface area contributed by atoms with Crippen molar-refractivity contribution in [2.75, 3.05) is 6.54 Å². The van der Waals surface area contributed by atoms with Crippen LogP contribution in [0.25, 0.3) is 10.4 Å². The molecule has 3 rings (SSSR count). The summed E-state index contributed by atoms with van der Waals surface area (Å²) in [5.74, 6) is -1.10. The number of hydrogen-bond acceptors (Lipinski definition) is 3. The smallest absolute Gasteiger partial charge is 0.326 e. The molecule has 0 radical (unpaired) electrons. The van der Waals surface area contributed by atoms with E-state index in [2.05, 4.69) is 15.9 Å². The second-order valence-corrected chi connectivity index (χ2v) is 7.17. The molecule has 1 saturated heterocycles. The molecule has 1 N–H and O–H groups in total. The molecule has 0 aliphatic carbocycles. The van der Waals surface area contributed by atoms with Crippen molar-refractivity contribution in [3.05, 3.63) is 45.7 Å². The lowest BCUT2D eigenvalue weighted by atomic mass is 10.2. The molecule has 0 spiro atoms. The Balaban J connectivity index is 1.82. The van der Waals surface area contributed by atoms with E-state index < -0.39 is 12.0 Å². The van der Waals surface area contributed by atoms with E-state index in [1.165, 1.54) is 16.2 Å². The number of rotatable bonds is 3. The van der Waals surface area contributed by atoms with Gasteiger partial charge >= 0.3 is 5.97 Å². The molecule has 114 valence electrons. The second-order valence-electron chi connectivity index (χ2n) is 5.17. The maximum Gasteiger partial charge on any atom is 0.326 e. The quantitative estimate of drug-likeness (QED) is 0.880. The Morgan fingerprint density at radius 1 is 1.18 bits per heavy atom. The lowest BCUT2D eigenvalue weighted by molar-refractivity contribution is -0.141. The highest BCUT2D eigenvalue weighted by Gasteiger charge is 2.34. The number of carbonyl (C=O) groups is 2. The number of carboxylic acid groups (broad SMARTS) is 1. The van der Waals surface area contributed by atoms with Crippen molar-refractivity contribution in [3.8, 4) is 10.4 Å². The van der Waals surface area contributed by atoms with Crippen molar-refractivity contribution >= 4 is 39.1 Å². The zero-order valence-corrected chi connectivity index (χ0v) is 14.1. The van der Waals surface area contributed by atoms with Gasteiger partial charge < -0.3 is 10.0 Å². The van der Waals surface area contributed by atoms with Gasteiger partial charge in [0.05, 0.1) is 4.88 Å². The monoisotopic (exact) mass is 379 g/mol. The topological polar surface area (TPSA) is 57.6 Å². The zero-order valence-electron chi connectivity index (χ0n) is 11.7. The van der Waals surface area contributed by atoms with Crippen LogP contribution in [0.5, 0.6) is 0 Å². The van der Waals surface area contributed by atoms with Gasteiger partial charge in [-0.3, -0.25) is 4.79 Å². The standard InChI is InChI=1S/C16H14BrNO3S/c17-11-5-3-10(4-6-11)13-7-8-14(22-13)15(19)18-9-1-2-12(18)16(20)21/h3-8,12H,1-2,9H2,(H,20,21). The van der Waals surface area contributed by atoms with Gasteiger partial charge in [0, 0.05) is 15.9 Å². The van der Waals surface area contributed by atoms with E-state index in [-0.39, 0.29) is 5.91 Å². The lowest BCUT2D eigenvalue weighted by Crippen LogP contribution is -2.40. The molecular formula is C16H14BrNO3S. The first-order valence-electron chi connectivity index (χ1n) is 6.96. The van der Waals surface area contributed by atoms with Crippen molar-refractivity contribution in [2.24, 2.45) is 0 Å². The number of benzene rings is 1. The Hall–Kier alpha value is -1.66. The van der Waals surface area contributed by atoms with Crippen molar-refractivity contribution in [3.63, 3.8) is 0 Å². The highest BCUT2D eigenvalue weighted by molar-refractivity contribution is 9.10. The van der Waals surface area contributed by atoms with Gasteiger partial charge in [-0.05, 0) is 42.7 Å². The first-order chi connectivity index (χ1) is 10.6. The summed E-state index contributed by atoms with van der Waals surface area (Å²) in [6, 6.07) is 10.9. The summed E-state index contributed by atoms with van der Waals surface area (Å²) in [5, 5.41) is 9.19. The minimum Gasteiger partial charge on any atom is -0.480 e. The van der Waals surface area contributed by atoms with E-state index in [0.29, 0.717) is 17.8 Å². The molecule has 1 aromatic heterocycles. The van der Waals surface area contributed by atoms with Crippen LogP contribution in [0.15, 0.2) is 40.9 Å². The van der Waals surface area contributed by atoms with Crippen molar-refractivity contribution < 1.29 is 14.7 Å².